The predicted molar refractivity (Wildman–Crippen MR) is 106 cm³/mol. The van der Waals surface area contributed by atoms with Crippen LogP contribution in [0, 0.1) is 6.92 Å². The molecule has 0 unspecified atom stereocenters. The van der Waals surface area contributed by atoms with Crippen molar-refractivity contribution in [3.05, 3.63) is 70.8 Å². The normalized spacial score (nSPS) is 15.1. The quantitative estimate of drug-likeness (QED) is 0.612. The Morgan fingerprint density at radius 3 is 2.21 bits per heavy atom. The maximum absolute atomic E-state index is 12.8. The summed E-state index contributed by atoms with van der Waals surface area (Å²) in [5.41, 5.74) is 1.97. The van der Waals surface area contributed by atoms with Crippen LogP contribution in [0.3, 0.4) is 0 Å². The summed E-state index contributed by atoms with van der Waals surface area (Å²) in [4.78, 5) is 37.8. The van der Waals surface area contributed by atoms with E-state index in [1.807, 2.05) is 19.1 Å². The third-order valence-corrected chi connectivity index (χ3v) is 5.06. The van der Waals surface area contributed by atoms with Crippen molar-refractivity contribution in [1.82, 2.24) is 5.32 Å². The van der Waals surface area contributed by atoms with Crippen LogP contribution >= 0.6 is 0 Å². The summed E-state index contributed by atoms with van der Waals surface area (Å²) in [5.74, 6) is -1.23. The molecule has 0 bridgehead atoms. The molecule has 28 heavy (non-hydrogen) atoms. The Hall–Kier alpha value is -2.95. The minimum absolute atomic E-state index is 0.157. The van der Waals surface area contributed by atoms with Gasteiger partial charge in [0.15, 0.2) is 11.9 Å². The van der Waals surface area contributed by atoms with Gasteiger partial charge in [-0.15, -0.1) is 0 Å². The molecule has 1 amide bonds. The van der Waals surface area contributed by atoms with Crippen LogP contribution in [0.5, 0.6) is 0 Å². The van der Waals surface area contributed by atoms with Gasteiger partial charge in [-0.3, -0.25) is 9.59 Å². The number of carbonyl (C=O) groups is 3. The van der Waals surface area contributed by atoms with Gasteiger partial charge in [0.05, 0.1) is 5.56 Å². The molecule has 0 aliphatic heterocycles. The van der Waals surface area contributed by atoms with Gasteiger partial charge in [-0.1, -0.05) is 60.9 Å². The predicted octanol–water partition coefficient (Wildman–Crippen LogP) is 3.83. The molecular weight excluding hydrogens is 354 g/mol. The number of esters is 1. The number of rotatable bonds is 6. The van der Waals surface area contributed by atoms with Gasteiger partial charge in [-0.2, -0.15) is 0 Å². The molecule has 1 aliphatic carbocycles. The van der Waals surface area contributed by atoms with Crippen LogP contribution in [0.25, 0.3) is 0 Å². The largest absolute Gasteiger partial charge is 0.449 e. The highest BCUT2D eigenvalue weighted by Gasteiger charge is 2.25. The summed E-state index contributed by atoms with van der Waals surface area (Å²) in [7, 11) is 0. The standard InChI is InChI=1S/C23H25NO4/c1-15-11-13-17(14-12-15)21(25)19-9-5-6-10-20(19)23(27)28-16(2)22(26)24-18-7-3-4-8-18/h5-6,9-14,16,18H,3-4,7-8H2,1-2H3,(H,24,26)/t16-/m0/s1. The number of ketones is 1. The van der Waals surface area contributed by atoms with E-state index in [0.717, 1.165) is 31.2 Å². The first-order valence-electron chi connectivity index (χ1n) is 9.67. The van der Waals surface area contributed by atoms with Gasteiger partial charge < -0.3 is 10.1 Å². The molecule has 1 N–H and O–H groups in total. The second-order valence-corrected chi connectivity index (χ2v) is 7.28. The summed E-state index contributed by atoms with van der Waals surface area (Å²) in [5, 5.41) is 2.92. The lowest BCUT2D eigenvalue weighted by molar-refractivity contribution is -0.129. The van der Waals surface area contributed by atoms with E-state index in [2.05, 4.69) is 5.32 Å². The zero-order valence-corrected chi connectivity index (χ0v) is 16.2. The van der Waals surface area contributed by atoms with Crippen LogP contribution in [0.1, 0.15) is 64.4 Å². The molecule has 1 atom stereocenters. The summed E-state index contributed by atoms with van der Waals surface area (Å²) in [6.07, 6.45) is 3.21. The van der Waals surface area contributed by atoms with Crippen LogP contribution in [-0.2, 0) is 9.53 Å². The lowest BCUT2D eigenvalue weighted by Gasteiger charge is -2.17. The van der Waals surface area contributed by atoms with E-state index >= 15 is 0 Å². The van der Waals surface area contributed by atoms with E-state index in [1.165, 1.54) is 0 Å². The minimum atomic E-state index is -0.921. The smallest absolute Gasteiger partial charge is 0.339 e. The van der Waals surface area contributed by atoms with Crippen molar-refractivity contribution in [3.8, 4) is 0 Å². The summed E-state index contributed by atoms with van der Waals surface area (Å²) in [6.45, 7) is 3.49. The first-order chi connectivity index (χ1) is 13.5. The highest BCUT2D eigenvalue weighted by atomic mass is 16.5. The summed E-state index contributed by atoms with van der Waals surface area (Å²) >= 11 is 0. The number of benzene rings is 2. The molecular formula is C23H25NO4. The highest BCUT2D eigenvalue weighted by molar-refractivity contribution is 6.14. The van der Waals surface area contributed by atoms with E-state index in [4.69, 9.17) is 4.74 Å². The van der Waals surface area contributed by atoms with E-state index in [-0.39, 0.29) is 28.9 Å². The molecule has 0 spiro atoms. The summed E-state index contributed by atoms with van der Waals surface area (Å²) in [6, 6.07) is 13.8. The molecule has 146 valence electrons. The van der Waals surface area contributed by atoms with Gasteiger partial charge in [0.25, 0.3) is 5.91 Å². The molecule has 0 aromatic heterocycles. The van der Waals surface area contributed by atoms with Gasteiger partial charge >= 0.3 is 5.97 Å². The number of carbonyl (C=O) groups excluding carboxylic acids is 3. The molecule has 1 fully saturated rings. The second kappa shape index (κ2) is 8.83. The van der Waals surface area contributed by atoms with Crippen molar-refractivity contribution in [3.63, 3.8) is 0 Å². The van der Waals surface area contributed by atoms with Crippen molar-refractivity contribution in [2.24, 2.45) is 0 Å². The molecule has 5 nitrogen and oxygen atoms in total. The van der Waals surface area contributed by atoms with Crippen LogP contribution in [0.4, 0.5) is 0 Å². The van der Waals surface area contributed by atoms with Crippen molar-refractivity contribution in [2.45, 2.75) is 51.7 Å². The van der Waals surface area contributed by atoms with E-state index < -0.39 is 12.1 Å². The Morgan fingerprint density at radius 2 is 1.57 bits per heavy atom. The van der Waals surface area contributed by atoms with Gasteiger partial charge in [-0.05, 0) is 32.8 Å². The third kappa shape index (κ3) is 4.66. The highest BCUT2D eigenvalue weighted by Crippen LogP contribution is 2.19. The molecule has 1 aliphatic rings. The van der Waals surface area contributed by atoms with Crippen molar-refractivity contribution < 1.29 is 19.1 Å². The number of hydrogen-bond acceptors (Lipinski definition) is 4. The second-order valence-electron chi connectivity index (χ2n) is 7.28. The number of ether oxygens (including phenoxy) is 1. The Balaban J connectivity index is 1.72. The third-order valence-electron chi connectivity index (χ3n) is 5.06. The van der Waals surface area contributed by atoms with Gasteiger partial charge in [0.1, 0.15) is 0 Å². The van der Waals surface area contributed by atoms with Crippen molar-refractivity contribution >= 4 is 17.7 Å². The molecule has 0 heterocycles. The zero-order valence-electron chi connectivity index (χ0n) is 16.2. The molecule has 3 rings (SSSR count). The fourth-order valence-electron chi connectivity index (χ4n) is 3.39. The Morgan fingerprint density at radius 1 is 0.964 bits per heavy atom. The van der Waals surface area contributed by atoms with Gasteiger partial charge in [0, 0.05) is 17.2 Å². The first kappa shape index (κ1) is 19.8. The maximum Gasteiger partial charge on any atom is 0.339 e. The lowest BCUT2D eigenvalue weighted by atomic mass is 9.98. The summed E-state index contributed by atoms with van der Waals surface area (Å²) < 4.78 is 5.35. The maximum atomic E-state index is 12.8. The van der Waals surface area contributed by atoms with Gasteiger partial charge in [0.2, 0.25) is 0 Å². The molecule has 5 heteroatoms. The number of hydrogen-bond donors (Lipinski definition) is 1. The Kier molecular flexibility index (Phi) is 6.24. The number of aryl methyl sites for hydroxylation is 1. The average Bonchev–Trinajstić information content (AvgIpc) is 3.21. The SMILES string of the molecule is Cc1ccc(C(=O)c2ccccc2C(=O)O[C@@H](C)C(=O)NC2CCCC2)cc1. The van der Waals surface area contributed by atoms with E-state index in [0.29, 0.717) is 5.56 Å². The van der Waals surface area contributed by atoms with Crippen molar-refractivity contribution in [1.29, 1.82) is 0 Å². The van der Waals surface area contributed by atoms with Crippen LogP contribution in [0.15, 0.2) is 48.5 Å². The molecule has 2 aromatic carbocycles. The van der Waals surface area contributed by atoms with Gasteiger partial charge in [-0.25, -0.2) is 4.79 Å². The molecule has 0 radical (unpaired) electrons. The van der Waals surface area contributed by atoms with E-state index in [9.17, 15) is 14.4 Å². The zero-order chi connectivity index (χ0) is 20.1. The van der Waals surface area contributed by atoms with Crippen molar-refractivity contribution in [2.75, 3.05) is 0 Å². The number of amides is 1. The van der Waals surface area contributed by atoms with Crippen LogP contribution in [0.2, 0.25) is 0 Å². The van der Waals surface area contributed by atoms with E-state index in [1.54, 1.807) is 43.3 Å². The first-order valence-corrected chi connectivity index (χ1v) is 9.67. The monoisotopic (exact) mass is 379 g/mol. The fraction of sp³-hybridized carbons (Fsp3) is 0.348. The fourth-order valence-corrected chi connectivity index (χ4v) is 3.39. The van der Waals surface area contributed by atoms with Crippen LogP contribution in [-0.4, -0.2) is 29.8 Å². The molecule has 1 saturated carbocycles. The number of nitrogens with one attached hydrogen (secondary N) is 1. The molecule has 0 saturated heterocycles. The Labute approximate surface area is 165 Å². The topological polar surface area (TPSA) is 72.5 Å². The molecule has 2 aromatic rings. The minimum Gasteiger partial charge on any atom is -0.449 e. The lowest BCUT2D eigenvalue weighted by Crippen LogP contribution is -2.41. The average molecular weight is 379 g/mol. The Bertz CT molecular complexity index is 866. The van der Waals surface area contributed by atoms with Crippen LogP contribution < -0.4 is 5.32 Å².